The van der Waals surface area contributed by atoms with Crippen LogP contribution in [-0.2, 0) is 23.1 Å². The SMILES string of the molecule is C[C@H]1CCCN(Cc2cc(Br)c3c(c2)S(=O)(=O)NC3)C1. The lowest BCUT2D eigenvalue weighted by Crippen LogP contribution is -2.33. The molecule has 3 rings (SSSR count). The Morgan fingerprint density at radius 1 is 1.45 bits per heavy atom. The summed E-state index contributed by atoms with van der Waals surface area (Å²) in [5.41, 5.74) is 1.91. The predicted octanol–water partition coefficient (Wildman–Crippen LogP) is 2.47. The molecule has 2 aliphatic heterocycles. The molecule has 1 aromatic rings. The first-order valence-electron chi connectivity index (χ1n) is 6.99. The first kappa shape index (κ1) is 14.5. The topological polar surface area (TPSA) is 49.4 Å². The Kier molecular flexibility index (Phi) is 3.92. The van der Waals surface area contributed by atoms with E-state index in [9.17, 15) is 8.42 Å². The van der Waals surface area contributed by atoms with Gasteiger partial charge in [0.15, 0.2) is 0 Å². The molecule has 0 bridgehead atoms. The van der Waals surface area contributed by atoms with Crippen molar-refractivity contribution in [3.05, 3.63) is 27.7 Å². The number of rotatable bonds is 2. The normalized spacial score (nSPS) is 25.6. The van der Waals surface area contributed by atoms with Gasteiger partial charge in [-0.15, -0.1) is 0 Å². The third kappa shape index (κ3) is 2.79. The highest BCUT2D eigenvalue weighted by Crippen LogP contribution is 2.31. The Balaban J connectivity index is 1.87. The Morgan fingerprint density at radius 2 is 2.25 bits per heavy atom. The molecule has 110 valence electrons. The van der Waals surface area contributed by atoms with Gasteiger partial charge in [0.05, 0.1) is 4.90 Å². The molecule has 2 aliphatic rings. The molecule has 4 nitrogen and oxygen atoms in total. The summed E-state index contributed by atoms with van der Waals surface area (Å²) in [5, 5.41) is 0. The van der Waals surface area contributed by atoms with Crippen LogP contribution in [0.15, 0.2) is 21.5 Å². The first-order chi connectivity index (χ1) is 9.45. The monoisotopic (exact) mass is 358 g/mol. The van der Waals surface area contributed by atoms with Crippen molar-refractivity contribution in [3.8, 4) is 0 Å². The molecule has 0 amide bonds. The van der Waals surface area contributed by atoms with Gasteiger partial charge in [-0.3, -0.25) is 4.90 Å². The van der Waals surface area contributed by atoms with E-state index in [1.807, 2.05) is 6.07 Å². The molecule has 6 heteroatoms. The third-order valence-corrected chi connectivity index (χ3v) is 6.27. The van der Waals surface area contributed by atoms with E-state index >= 15 is 0 Å². The van der Waals surface area contributed by atoms with E-state index < -0.39 is 10.0 Å². The Labute approximate surface area is 128 Å². The van der Waals surface area contributed by atoms with Gasteiger partial charge in [0, 0.05) is 29.7 Å². The number of hydrogen-bond donors (Lipinski definition) is 1. The molecule has 0 aromatic heterocycles. The molecule has 20 heavy (non-hydrogen) atoms. The number of piperidine rings is 1. The van der Waals surface area contributed by atoms with Gasteiger partial charge in [0.1, 0.15) is 0 Å². The fourth-order valence-corrected chi connectivity index (χ4v) is 5.18. The molecule has 1 N–H and O–H groups in total. The summed E-state index contributed by atoms with van der Waals surface area (Å²) in [6.45, 7) is 5.69. The molecule has 2 heterocycles. The number of nitrogens with zero attached hydrogens (tertiary/aromatic N) is 1. The second kappa shape index (κ2) is 5.40. The maximum Gasteiger partial charge on any atom is 0.241 e. The molecular weight excluding hydrogens is 340 g/mol. The number of halogens is 1. The maximum atomic E-state index is 12.0. The number of fused-ring (bicyclic) bond motifs is 1. The van der Waals surface area contributed by atoms with E-state index in [1.165, 1.54) is 12.8 Å². The fraction of sp³-hybridized carbons (Fsp3) is 0.571. The van der Waals surface area contributed by atoms with Crippen molar-refractivity contribution in [1.29, 1.82) is 0 Å². The van der Waals surface area contributed by atoms with Gasteiger partial charge >= 0.3 is 0 Å². The van der Waals surface area contributed by atoms with Crippen LogP contribution in [0.5, 0.6) is 0 Å². The summed E-state index contributed by atoms with van der Waals surface area (Å²) in [6, 6.07) is 3.88. The molecule has 1 fully saturated rings. The van der Waals surface area contributed by atoms with E-state index in [0.717, 1.165) is 41.2 Å². The molecule has 0 spiro atoms. The number of hydrogen-bond acceptors (Lipinski definition) is 3. The average Bonchev–Trinajstić information content (AvgIpc) is 2.66. The van der Waals surface area contributed by atoms with Gasteiger partial charge in [0.25, 0.3) is 0 Å². The highest BCUT2D eigenvalue weighted by Gasteiger charge is 2.28. The number of likely N-dealkylation sites (tertiary alicyclic amines) is 1. The highest BCUT2D eigenvalue weighted by molar-refractivity contribution is 9.10. The Morgan fingerprint density at radius 3 is 3.00 bits per heavy atom. The summed E-state index contributed by atoms with van der Waals surface area (Å²) < 4.78 is 27.4. The minimum atomic E-state index is -3.30. The Hall–Kier alpha value is -0.430. The zero-order valence-corrected chi connectivity index (χ0v) is 13.9. The summed E-state index contributed by atoms with van der Waals surface area (Å²) in [7, 11) is -3.30. The van der Waals surface area contributed by atoms with Gasteiger partial charge < -0.3 is 0 Å². The maximum absolute atomic E-state index is 12.0. The lowest BCUT2D eigenvalue weighted by Gasteiger charge is -2.31. The van der Waals surface area contributed by atoms with Crippen molar-refractivity contribution in [2.24, 2.45) is 5.92 Å². The second-order valence-corrected chi connectivity index (χ2v) is 8.45. The fourth-order valence-electron chi connectivity index (χ4n) is 3.10. The average molecular weight is 359 g/mol. The zero-order chi connectivity index (χ0) is 14.3. The van der Waals surface area contributed by atoms with Crippen LogP contribution < -0.4 is 4.72 Å². The molecule has 0 saturated carbocycles. The minimum Gasteiger partial charge on any atom is -0.299 e. The van der Waals surface area contributed by atoms with Gasteiger partial charge in [-0.25, -0.2) is 13.1 Å². The zero-order valence-electron chi connectivity index (χ0n) is 11.5. The van der Waals surface area contributed by atoms with Crippen molar-refractivity contribution >= 4 is 26.0 Å². The van der Waals surface area contributed by atoms with E-state index in [4.69, 9.17) is 0 Å². The summed E-state index contributed by atoms with van der Waals surface area (Å²) >= 11 is 3.50. The number of nitrogens with one attached hydrogen (secondary N) is 1. The van der Waals surface area contributed by atoms with E-state index in [0.29, 0.717) is 11.4 Å². The summed E-state index contributed by atoms with van der Waals surface area (Å²) in [4.78, 5) is 2.85. The van der Waals surface area contributed by atoms with Gasteiger partial charge in [-0.1, -0.05) is 22.9 Å². The van der Waals surface area contributed by atoms with Crippen LogP contribution in [0.4, 0.5) is 0 Å². The minimum absolute atomic E-state index is 0.388. The molecule has 0 unspecified atom stereocenters. The van der Waals surface area contributed by atoms with Gasteiger partial charge in [-0.05, 0) is 43.0 Å². The molecule has 1 aromatic carbocycles. The standard InChI is InChI=1S/C14H19BrN2O2S/c1-10-3-2-4-17(8-10)9-11-5-13(15)12-7-16-20(18,19)14(12)6-11/h5-6,10,16H,2-4,7-9H2,1H3/t10-/m0/s1. The first-order valence-corrected chi connectivity index (χ1v) is 9.26. The van der Waals surface area contributed by atoms with Crippen LogP contribution in [-0.4, -0.2) is 26.4 Å². The molecule has 1 saturated heterocycles. The van der Waals surface area contributed by atoms with Crippen molar-refractivity contribution in [1.82, 2.24) is 9.62 Å². The third-order valence-electron chi connectivity index (χ3n) is 4.09. The van der Waals surface area contributed by atoms with Gasteiger partial charge in [0.2, 0.25) is 10.0 Å². The van der Waals surface area contributed by atoms with Crippen LogP contribution in [0.25, 0.3) is 0 Å². The molecule has 1 atom stereocenters. The van der Waals surface area contributed by atoms with Crippen molar-refractivity contribution in [2.45, 2.75) is 37.8 Å². The van der Waals surface area contributed by atoms with Crippen LogP contribution in [0.1, 0.15) is 30.9 Å². The summed E-state index contributed by atoms with van der Waals surface area (Å²) in [5.74, 6) is 0.729. The van der Waals surface area contributed by atoms with Crippen molar-refractivity contribution in [3.63, 3.8) is 0 Å². The lowest BCUT2D eigenvalue weighted by molar-refractivity contribution is 0.176. The number of sulfonamides is 1. The quantitative estimate of drug-likeness (QED) is 0.883. The van der Waals surface area contributed by atoms with Crippen LogP contribution in [0, 0.1) is 5.92 Å². The lowest BCUT2D eigenvalue weighted by atomic mass is 9.99. The molecule has 0 aliphatic carbocycles. The van der Waals surface area contributed by atoms with Crippen molar-refractivity contribution in [2.75, 3.05) is 13.1 Å². The van der Waals surface area contributed by atoms with Crippen LogP contribution in [0.3, 0.4) is 0 Å². The molecule has 0 radical (unpaired) electrons. The predicted molar refractivity (Wildman–Crippen MR) is 81.8 cm³/mol. The van der Waals surface area contributed by atoms with E-state index in [2.05, 4.69) is 38.5 Å². The van der Waals surface area contributed by atoms with Crippen LogP contribution in [0.2, 0.25) is 0 Å². The Bertz CT molecular complexity index is 630. The second-order valence-electron chi connectivity index (χ2n) is 5.86. The smallest absolute Gasteiger partial charge is 0.241 e. The van der Waals surface area contributed by atoms with Crippen molar-refractivity contribution < 1.29 is 8.42 Å². The van der Waals surface area contributed by atoms with E-state index in [1.54, 1.807) is 0 Å². The van der Waals surface area contributed by atoms with E-state index in [-0.39, 0.29) is 0 Å². The summed E-state index contributed by atoms with van der Waals surface area (Å²) in [6.07, 6.45) is 2.52. The van der Waals surface area contributed by atoms with Crippen LogP contribution >= 0.6 is 15.9 Å². The largest absolute Gasteiger partial charge is 0.299 e. The molecular formula is C14H19BrN2O2S. The van der Waals surface area contributed by atoms with Gasteiger partial charge in [-0.2, -0.15) is 0 Å². The highest BCUT2D eigenvalue weighted by atomic mass is 79.9. The number of benzene rings is 1.